The molecule has 4 heteroatoms. The summed E-state index contributed by atoms with van der Waals surface area (Å²) in [5, 5.41) is 20.5. The minimum atomic E-state index is -0.175. The predicted molar refractivity (Wildman–Crippen MR) is 109 cm³/mol. The van der Waals surface area contributed by atoms with Crippen LogP contribution in [-0.2, 0) is 0 Å². The monoisotopic (exact) mass is 359 g/mol. The number of aliphatic hydroxyl groups is 1. The van der Waals surface area contributed by atoms with E-state index >= 15 is 0 Å². The van der Waals surface area contributed by atoms with Crippen LogP contribution in [0.2, 0.25) is 0 Å². The Bertz CT molecular complexity index is 1050. The van der Waals surface area contributed by atoms with Gasteiger partial charge < -0.3 is 15.4 Å². The number of aromatic nitrogens is 1. The highest BCUT2D eigenvalue weighted by atomic mass is 16.3. The maximum atomic E-state index is 9.89. The van der Waals surface area contributed by atoms with E-state index in [1.165, 1.54) is 0 Å². The Kier molecular flexibility index (Phi) is 4.41. The predicted octanol–water partition coefficient (Wildman–Crippen LogP) is 4.86. The molecule has 1 aliphatic rings. The molecule has 0 radical (unpaired) electrons. The molecule has 0 bridgehead atoms. The van der Waals surface area contributed by atoms with Gasteiger partial charge in [0.15, 0.2) is 0 Å². The van der Waals surface area contributed by atoms with Gasteiger partial charge in [0, 0.05) is 34.4 Å². The number of rotatable bonds is 2. The quantitative estimate of drug-likeness (QED) is 0.642. The first kappa shape index (κ1) is 17.6. The highest BCUT2D eigenvalue weighted by Gasteiger charge is 2.24. The third-order valence-corrected chi connectivity index (χ3v) is 6.03. The Morgan fingerprint density at radius 3 is 2.56 bits per heavy atom. The average Bonchev–Trinajstić information content (AvgIpc) is 3.02. The van der Waals surface area contributed by atoms with E-state index in [0.29, 0.717) is 11.6 Å². The lowest BCUT2D eigenvalue weighted by Gasteiger charge is -2.27. The van der Waals surface area contributed by atoms with Gasteiger partial charge in [-0.1, -0.05) is 12.1 Å². The Hall–Kier alpha value is -2.77. The molecule has 138 valence electrons. The molecule has 0 unspecified atom stereocenters. The molecule has 0 spiro atoms. The molecule has 1 aromatic heterocycles. The van der Waals surface area contributed by atoms with Crippen LogP contribution in [0.25, 0.3) is 22.0 Å². The SMILES string of the molecule is Cc1cc2c(cc1C#N)c(-c1cccc(N)c1C)cn2C1CCC(O)CC1. The maximum absolute atomic E-state index is 9.89. The number of nitrogens with two attached hydrogens (primary N) is 1. The fourth-order valence-corrected chi connectivity index (χ4v) is 4.32. The number of benzene rings is 2. The fourth-order valence-electron chi connectivity index (χ4n) is 4.32. The topological polar surface area (TPSA) is 75.0 Å². The first-order valence-electron chi connectivity index (χ1n) is 9.58. The lowest BCUT2D eigenvalue weighted by Crippen LogP contribution is -2.20. The molecule has 2 aromatic carbocycles. The van der Waals surface area contributed by atoms with E-state index in [-0.39, 0.29) is 6.10 Å². The second kappa shape index (κ2) is 6.75. The van der Waals surface area contributed by atoms with Crippen molar-refractivity contribution in [3.63, 3.8) is 0 Å². The summed E-state index contributed by atoms with van der Waals surface area (Å²) < 4.78 is 2.35. The van der Waals surface area contributed by atoms with Crippen LogP contribution in [0.5, 0.6) is 0 Å². The van der Waals surface area contributed by atoms with Crippen LogP contribution >= 0.6 is 0 Å². The molecule has 1 aliphatic carbocycles. The average molecular weight is 359 g/mol. The zero-order chi connectivity index (χ0) is 19.1. The van der Waals surface area contributed by atoms with Crippen LogP contribution in [0, 0.1) is 25.2 Å². The van der Waals surface area contributed by atoms with Crippen LogP contribution in [-0.4, -0.2) is 15.8 Å². The minimum absolute atomic E-state index is 0.175. The van der Waals surface area contributed by atoms with Crippen molar-refractivity contribution in [2.75, 3.05) is 5.73 Å². The van der Waals surface area contributed by atoms with Crippen LogP contribution < -0.4 is 5.73 Å². The lowest BCUT2D eigenvalue weighted by atomic mass is 9.93. The van der Waals surface area contributed by atoms with Crippen LogP contribution in [0.1, 0.15) is 48.4 Å². The Morgan fingerprint density at radius 2 is 1.85 bits per heavy atom. The van der Waals surface area contributed by atoms with Gasteiger partial charge in [0.1, 0.15) is 0 Å². The second-order valence-electron chi connectivity index (χ2n) is 7.73. The number of nitrogen functional groups attached to an aromatic ring is 1. The lowest BCUT2D eigenvalue weighted by molar-refractivity contribution is 0.111. The van der Waals surface area contributed by atoms with Gasteiger partial charge in [0.25, 0.3) is 0 Å². The van der Waals surface area contributed by atoms with E-state index in [9.17, 15) is 10.4 Å². The largest absolute Gasteiger partial charge is 0.398 e. The first-order chi connectivity index (χ1) is 13.0. The summed E-state index contributed by atoms with van der Waals surface area (Å²) in [6.45, 7) is 4.04. The number of hydrogen-bond donors (Lipinski definition) is 2. The number of hydrogen-bond acceptors (Lipinski definition) is 3. The van der Waals surface area contributed by atoms with Crippen molar-refractivity contribution >= 4 is 16.6 Å². The number of nitriles is 1. The van der Waals surface area contributed by atoms with Crippen molar-refractivity contribution in [2.24, 2.45) is 0 Å². The summed E-state index contributed by atoms with van der Waals surface area (Å²) in [4.78, 5) is 0. The second-order valence-corrected chi connectivity index (χ2v) is 7.73. The van der Waals surface area contributed by atoms with Crippen molar-refractivity contribution in [2.45, 2.75) is 51.7 Å². The Balaban J connectivity index is 1.96. The smallest absolute Gasteiger partial charge is 0.0994 e. The van der Waals surface area contributed by atoms with E-state index in [1.54, 1.807) is 0 Å². The molecule has 0 aliphatic heterocycles. The van der Waals surface area contributed by atoms with Crippen molar-refractivity contribution in [1.82, 2.24) is 4.57 Å². The number of aliphatic hydroxyl groups excluding tert-OH is 1. The van der Waals surface area contributed by atoms with Gasteiger partial charge >= 0.3 is 0 Å². The van der Waals surface area contributed by atoms with Crippen molar-refractivity contribution < 1.29 is 5.11 Å². The summed E-state index contributed by atoms with van der Waals surface area (Å²) in [5.74, 6) is 0. The normalized spacial score (nSPS) is 19.9. The molecule has 4 rings (SSSR count). The molecule has 0 amide bonds. The van der Waals surface area contributed by atoms with Gasteiger partial charge in [-0.25, -0.2) is 0 Å². The minimum Gasteiger partial charge on any atom is -0.398 e. The number of nitrogens with zero attached hydrogens (tertiary/aromatic N) is 2. The molecule has 0 atom stereocenters. The summed E-state index contributed by atoms with van der Waals surface area (Å²) in [5.41, 5.74) is 13.1. The fraction of sp³-hybridized carbons (Fsp3) is 0.348. The Labute approximate surface area is 159 Å². The molecule has 1 heterocycles. The molecule has 4 nitrogen and oxygen atoms in total. The van der Waals surface area contributed by atoms with E-state index < -0.39 is 0 Å². The maximum Gasteiger partial charge on any atom is 0.0994 e. The van der Waals surface area contributed by atoms with Crippen LogP contribution in [0.15, 0.2) is 36.5 Å². The van der Waals surface area contributed by atoms with E-state index in [2.05, 4.69) is 29.0 Å². The molecule has 0 saturated heterocycles. The Morgan fingerprint density at radius 1 is 1.11 bits per heavy atom. The van der Waals surface area contributed by atoms with Crippen LogP contribution in [0.3, 0.4) is 0 Å². The van der Waals surface area contributed by atoms with Gasteiger partial charge in [-0.15, -0.1) is 0 Å². The third-order valence-electron chi connectivity index (χ3n) is 6.03. The summed E-state index contributed by atoms with van der Waals surface area (Å²) >= 11 is 0. The molecule has 1 saturated carbocycles. The first-order valence-corrected chi connectivity index (χ1v) is 9.58. The van der Waals surface area contributed by atoms with Gasteiger partial charge in [0.2, 0.25) is 0 Å². The summed E-state index contributed by atoms with van der Waals surface area (Å²) in [7, 11) is 0. The van der Waals surface area contributed by atoms with Gasteiger partial charge in [-0.2, -0.15) is 5.26 Å². The van der Waals surface area contributed by atoms with Gasteiger partial charge in [-0.05, 0) is 74.4 Å². The summed E-state index contributed by atoms with van der Waals surface area (Å²) in [6.07, 6.45) is 5.66. The zero-order valence-corrected chi connectivity index (χ0v) is 15.9. The van der Waals surface area contributed by atoms with Gasteiger partial charge in [0.05, 0.1) is 17.7 Å². The zero-order valence-electron chi connectivity index (χ0n) is 15.9. The van der Waals surface area contributed by atoms with Crippen molar-refractivity contribution in [3.05, 3.63) is 53.2 Å². The third kappa shape index (κ3) is 2.98. The molecule has 27 heavy (non-hydrogen) atoms. The number of fused-ring (bicyclic) bond motifs is 1. The molecular weight excluding hydrogens is 334 g/mol. The van der Waals surface area contributed by atoms with Crippen LogP contribution in [0.4, 0.5) is 5.69 Å². The number of anilines is 1. The van der Waals surface area contributed by atoms with E-state index in [4.69, 9.17) is 5.73 Å². The van der Waals surface area contributed by atoms with Gasteiger partial charge in [-0.3, -0.25) is 0 Å². The standard InChI is InChI=1S/C23H25N3O/c1-14-10-23-20(11-16(14)12-24)21(19-4-3-5-22(25)15(19)2)13-26(23)17-6-8-18(27)9-7-17/h3-5,10-11,13,17-18,27H,6-9,25H2,1-2H3. The van der Waals surface area contributed by atoms with E-state index in [0.717, 1.165) is 64.5 Å². The summed E-state index contributed by atoms with van der Waals surface area (Å²) in [6, 6.07) is 12.8. The molecule has 3 aromatic rings. The highest BCUT2D eigenvalue weighted by Crippen LogP contribution is 2.39. The molecule has 3 N–H and O–H groups in total. The molecular formula is C23H25N3O. The highest BCUT2D eigenvalue weighted by molar-refractivity contribution is 5.98. The molecule has 1 fully saturated rings. The van der Waals surface area contributed by atoms with Crippen molar-refractivity contribution in [3.8, 4) is 17.2 Å². The number of aryl methyl sites for hydroxylation is 1. The van der Waals surface area contributed by atoms with E-state index in [1.807, 2.05) is 32.0 Å². The van der Waals surface area contributed by atoms with Crippen molar-refractivity contribution in [1.29, 1.82) is 5.26 Å².